The molecular formula is C23H24F2O2. The molecule has 1 saturated heterocycles. The maximum Gasteiger partial charge on any atom is 0.222 e. The summed E-state index contributed by atoms with van der Waals surface area (Å²) >= 11 is 0. The molecule has 1 aliphatic rings. The van der Waals surface area contributed by atoms with Crippen LogP contribution in [0, 0.1) is 29.4 Å². The average molecular weight is 370 g/mol. The van der Waals surface area contributed by atoms with E-state index in [4.69, 9.17) is 9.47 Å². The van der Waals surface area contributed by atoms with Gasteiger partial charge in [0.15, 0.2) is 11.6 Å². The Morgan fingerprint density at radius 1 is 0.926 bits per heavy atom. The van der Waals surface area contributed by atoms with E-state index in [-0.39, 0.29) is 0 Å². The molecule has 0 N–H and O–H groups in total. The first-order valence-corrected chi connectivity index (χ1v) is 9.46. The number of hydrogen-bond donors (Lipinski definition) is 0. The Balaban J connectivity index is 1.54. The number of rotatable bonds is 5. The number of ether oxygens (including phenoxy) is 2. The molecule has 142 valence electrons. The quantitative estimate of drug-likeness (QED) is 0.507. The molecule has 2 aromatic rings. The highest BCUT2D eigenvalue weighted by molar-refractivity contribution is 5.64. The van der Waals surface area contributed by atoms with Crippen LogP contribution in [0.15, 0.2) is 42.5 Å². The molecule has 0 unspecified atom stereocenters. The molecule has 1 heterocycles. The molecule has 0 spiro atoms. The molecule has 1 fully saturated rings. The van der Waals surface area contributed by atoms with Gasteiger partial charge in [0.2, 0.25) is 6.29 Å². The van der Waals surface area contributed by atoms with Crippen LogP contribution in [-0.4, -0.2) is 19.5 Å². The van der Waals surface area contributed by atoms with Gasteiger partial charge in [-0.15, -0.1) is 0 Å². The Labute approximate surface area is 159 Å². The fraction of sp³-hybridized carbons (Fsp3) is 0.391. The standard InChI is InChI=1S/C23H24F2O2/c1-2-3-4-5-18-15-26-23(27-16-18)13-8-17-6-9-19(10-7-17)20-11-12-21(24)22(25)14-20/h6-7,9-12,14,18,23H,2-5,15-16H2,1H3/t18-,23-. The number of benzene rings is 2. The van der Waals surface area contributed by atoms with E-state index in [1.54, 1.807) is 6.07 Å². The smallest absolute Gasteiger partial charge is 0.222 e. The lowest BCUT2D eigenvalue weighted by molar-refractivity contribution is -0.170. The fourth-order valence-electron chi connectivity index (χ4n) is 3.04. The summed E-state index contributed by atoms with van der Waals surface area (Å²) in [4.78, 5) is 0. The van der Waals surface area contributed by atoms with Crippen LogP contribution in [0.3, 0.4) is 0 Å². The monoisotopic (exact) mass is 370 g/mol. The molecule has 0 aliphatic carbocycles. The minimum Gasteiger partial charge on any atom is -0.342 e. The zero-order chi connectivity index (χ0) is 19.1. The highest BCUT2D eigenvalue weighted by Gasteiger charge is 2.20. The van der Waals surface area contributed by atoms with Gasteiger partial charge in [-0.2, -0.15) is 0 Å². The van der Waals surface area contributed by atoms with E-state index in [9.17, 15) is 8.78 Å². The fourth-order valence-corrected chi connectivity index (χ4v) is 3.04. The first-order valence-electron chi connectivity index (χ1n) is 9.46. The second-order valence-corrected chi connectivity index (χ2v) is 6.84. The molecule has 27 heavy (non-hydrogen) atoms. The summed E-state index contributed by atoms with van der Waals surface area (Å²) in [5, 5.41) is 0. The van der Waals surface area contributed by atoms with Crippen molar-refractivity contribution in [2.24, 2.45) is 5.92 Å². The van der Waals surface area contributed by atoms with Gasteiger partial charge in [0, 0.05) is 11.5 Å². The lowest BCUT2D eigenvalue weighted by Gasteiger charge is -2.26. The van der Waals surface area contributed by atoms with Gasteiger partial charge in [0.05, 0.1) is 13.2 Å². The predicted molar refractivity (Wildman–Crippen MR) is 102 cm³/mol. The van der Waals surface area contributed by atoms with Crippen LogP contribution in [0.5, 0.6) is 0 Å². The third-order valence-electron chi connectivity index (χ3n) is 4.65. The topological polar surface area (TPSA) is 18.5 Å². The van der Waals surface area contributed by atoms with Gasteiger partial charge in [-0.3, -0.25) is 0 Å². The molecule has 2 aromatic carbocycles. The highest BCUT2D eigenvalue weighted by atomic mass is 19.2. The summed E-state index contributed by atoms with van der Waals surface area (Å²) < 4.78 is 37.8. The molecule has 0 saturated carbocycles. The maximum atomic E-state index is 13.4. The van der Waals surface area contributed by atoms with Crippen molar-refractivity contribution in [2.75, 3.05) is 13.2 Å². The van der Waals surface area contributed by atoms with Crippen LogP contribution in [0.1, 0.15) is 38.2 Å². The van der Waals surface area contributed by atoms with Crippen molar-refractivity contribution >= 4 is 0 Å². The summed E-state index contributed by atoms with van der Waals surface area (Å²) in [6.45, 7) is 3.58. The lowest BCUT2D eigenvalue weighted by Crippen LogP contribution is -2.31. The van der Waals surface area contributed by atoms with Crippen LogP contribution >= 0.6 is 0 Å². The molecule has 2 nitrogen and oxygen atoms in total. The van der Waals surface area contributed by atoms with E-state index in [0.29, 0.717) is 24.7 Å². The van der Waals surface area contributed by atoms with Crippen molar-refractivity contribution < 1.29 is 18.3 Å². The van der Waals surface area contributed by atoms with Crippen molar-refractivity contribution in [1.82, 2.24) is 0 Å². The highest BCUT2D eigenvalue weighted by Crippen LogP contribution is 2.22. The Bertz CT molecular complexity index is 797. The Hall–Kier alpha value is -2.22. The number of halogens is 2. The first kappa shape index (κ1) is 19.5. The van der Waals surface area contributed by atoms with E-state index >= 15 is 0 Å². The van der Waals surface area contributed by atoms with Gasteiger partial charge >= 0.3 is 0 Å². The zero-order valence-corrected chi connectivity index (χ0v) is 15.5. The SMILES string of the molecule is CCCCC[C@H]1CO[C@H](C#Cc2ccc(-c3ccc(F)c(F)c3)cc2)OC1. The predicted octanol–water partition coefficient (Wildman–Crippen LogP) is 5.55. The Morgan fingerprint density at radius 3 is 2.30 bits per heavy atom. The normalized spacial score (nSPS) is 19.4. The Morgan fingerprint density at radius 2 is 1.63 bits per heavy atom. The summed E-state index contributed by atoms with van der Waals surface area (Å²) in [7, 11) is 0. The zero-order valence-electron chi connectivity index (χ0n) is 15.5. The summed E-state index contributed by atoms with van der Waals surface area (Å²) in [6, 6.07) is 11.2. The van der Waals surface area contributed by atoms with Crippen molar-refractivity contribution in [3.8, 4) is 23.0 Å². The summed E-state index contributed by atoms with van der Waals surface area (Å²) in [5.41, 5.74) is 2.25. The third-order valence-corrected chi connectivity index (χ3v) is 4.65. The maximum absolute atomic E-state index is 13.4. The van der Waals surface area contributed by atoms with Gasteiger partial charge in [-0.1, -0.05) is 50.3 Å². The van der Waals surface area contributed by atoms with Gasteiger partial charge in [0.1, 0.15) is 0 Å². The van der Waals surface area contributed by atoms with Crippen LogP contribution in [0.4, 0.5) is 8.78 Å². The van der Waals surface area contributed by atoms with Crippen molar-refractivity contribution in [3.63, 3.8) is 0 Å². The molecular weight excluding hydrogens is 346 g/mol. The van der Waals surface area contributed by atoms with Crippen molar-refractivity contribution in [2.45, 2.75) is 38.9 Å². The molecule has 3 rings (SSSR count). The minimum atomic E-state index is -0.851. The molecule has 1 aliphatic heterocycles. The van der Waals surface area contributed by atoms with Gasteiger partial charge in [0.25, 0.3) is 0 Å². The van der Waals surface area contributed by atoms with Crippen LogP contribution in [0.25, 0.3) is 11.1 Å². The van der Waals surface area contributed by atoms with E-state index in [2.05, 4.69) is 18.8 Å². The number of unbranched alkanes of at least 4 members (excludes halogenated alkanes) is 2. The van der Waals surface area contributed by atoms with E-state index in [1.165, 1.54) is 25.3 Å². The lowest BCUT2D eigenvalue weighted by atomic mass is 10.0. The van der Waals surface area contributed by atoms with Gasteiger partial charge in [-0.05, 0) is 47.7 Å². The van der Waals surface area contributed by atoms with Gasteiger partial charge in [-0.25, -0.2) is 8.78 Å². The molecule has 0 aromatic heterocycles. The van der Waals surface area contributed by atoms with Crippen molar-refractivity contribution in [3.05, 3.63) is 59.7 Å². The molecule has 0 bridgehead atoms. The second-order valence-electron chi connectivity index (χ2n) is 6.84. The van der Waals surface area contributed by atoms with E-state index in [0.717, 1.165) is 23.6 Å². The third kappa shape index (κ3) is 5.63. The van der Waals surface area contributed by atoms with Crippen LogP contribution in [-0.2, 0) is 9.47 Å². The first-order chi connectivity index (χ1) is 13.2. The molecule has 4 heteroatoms. The minimum absolute atomic E-state index is 0.463. The second kappa shape index (κ2) is 9.64. The average Bonchev–Trinajstić information content (AvgIpc) is 2.70. The summed E-state index contributed by atoms with van der Waals surface area (Å²) in [6.07, 6.45) is 4.34. The molecule has 0 amide bonds. The Kier molecular flexibility index (Phi) is 6.98. The molecule has 0 atom stereocenters. The molecule has 0 radical (unpaired) electrons. The van der Waals surface area contributed by atoms with Crippen LogP contribution in [0.2, 0.25) is 0 Å². The van der Waals surface area contributed by atoms with E-state index in [1.807, 2.05) is 24.3 Å². The van der Waals surface area contributed by atoms with E-state index < -0.39 is 17.9 Å². The number of hydrogen-bond acceptors (Lipinski definition) is 2. The van der Waals surface area contributed by atoms with Crippen molar-refractivity contribution in [1.29, 1.82) is 0 Å². The largest absolute Gasteiger partial charge is 0.342 e. The van der Waals surface area contributed by atoms with Crippen LogP contribution < -0.4 is 0 Å². The summed E-state index contributed by atoms with van der Waals surface area (Å²) in [5.74, 6) is 4.81. The van der Waals surface area contributed by atoms with Gasteiger partial charge < -0.3 is 9.47 Å².